The van der Waals surface area contributed by atoms with Gasteiger partial charge in [-0.2, -0.15) is 0 Å². The van der Waals surface area contributed by atoms with E-state index in [1.165, 1.54) is 0 Å². The lowest BCUT2D eigenvalue weighted by molar-refractivity contribution is -0.239. The van der Waals surface area contributed by atoms with E-state index in [4.69, 9.17) is 15.2 Å². The normalized spacial score (nSPS) is 21.7. The summed E-state index contributed by atoms with van der Waals surface area (Å²) in [6.07, 6.45) is 1.36. The standard InChI is InChI=1S/C33H46N2O8/c1-2-29(39)35(19-10-5-3-4-9-13-27(38)24-11-7-6-8-12-24)20-18-25(37)21-23-14-16-26(17-15-23)42-33-30(34)32(41)31(40)28(22-36)43-33/h6-8,11-12,14-17,28,30-33,36,40-41H,2-5,9-10,13,18-22,34H2,1H3. The molecule has 1 amide bonds. The van der Waals surface area contributed by atoms with Crippen molar-refractivity contribution in [2.75, 3.05) is 19.7 Å². The van der Waals surface area contributed by atoms with Gasteiger partial charge in [0.2, 0.25) is 12.2 Å². The number of ether oxygens (including phenoxy) is 2. The zero-order chi connectivity index (χ0) is 31.2. The molecular formula is C33H46N2O8. The third-order valence-corrected chi connectivity index (χ3v) is 7.75. The van der Waals surface area contributed by atoms with E-state index in [1.807, 2.05) is 37.3 Å². The first-order valence-corrected chi connectivity index (χ1v) is 15.2. The molecule has 0 spiro atoms. The second kappa shape index (κ2) is 17.8. The molecule has 3 rings (SSSR count). The second-order valence-electron chi connectivity index (χ2n) is 11.1. The molecule has 0 aliphatic carbocycles. The van der Waals surface area contributed by atoms with Gasteiger partial charge in [0.1, 0.15) is 29.8 Å². The van der Waals surface area contributed by atoms with Gasteiger partial charge in [-0.25, -0.2) is 0 Å². The van der Waals surface area contributed by atoms with Crippen LogP contribution in [0.25, 0.3) is 0 Å². The summed E-state index contributed by atoms with van der Waals surface area (Å²) < 4.78 is 11.2. The van der Waals surface area contributed by atoms with Crippen molar-refractivity contribution < 1.29 is 39.2 Å². The molecule has 0 bridgehead atoms. The second-order valence-corrected chi connectivity index (χ2v) is 11.1. The molecular weight excluding hydrogens is 552 g/mol. The van der Waals surface area contributed by atoms with E-state index in [0.717, 1.165) is 43.2 Å². The first kappa shape index (κ1) is 34.3. The highest BCUT2D eigenvalue weighted by Crippen LogP contribution is 2.24. The van der Waals surface area contributed by atoms with Crippen molar-refractivity contribution in [2.24, 2.45) is 5.73 Å². The number of hydrogen-bond acceptors (Lipinski definition) is 9. The van der Waals surface area contributed by atoms with Gasteiger partial charge < -0.3 is 35.4 Å². The SMILES string of the molecule is CCC(=O)N(CCCCCCCC(=O)c1ccccc1)CCC(=O)Cc1ccc(OC2OC(CO)C(O)C(O)C2N)cc1. The van der Waals surface area contributed by atoms with Crippen molar-refractivity contribution >= 4 is 17.5 Å². The summed E-state index contributed by atoms with van der Waals surface area (Å²) in [7, 11) is 0. The predicted octanol–water partition coefficient (Wildman–Crippen LogP) is 2.80. The van der Waals surface area contributed by atoms with Gasteiger partial charge in [0.15, 0.2) is 5.78 Å². The fraction of sp³-hybridized carbons (Fsp3) is 0.545. The molecule has 2 aromatic rings. The van der Waals surface area contributed by atoms with Crippen molar-refractivity contribution in [2.45, 2.75) is 95.4 Å². The number of carbonyl (C=O) groups is 3. The Bertz CT molecular complexity index is 1140. The number of amides is 1. The quantitative estimate of drug-likeness (QED) is 0.149. The van der Waals surface area contributed by atoms with Crippen molar-refractivity contribution in [1.82, 2.24) is 4.90 Å². The molecule has 10 nitrogen and oxygen atoms in total. The van der Waals surface area contributed by atoms with E-state index in [1.54, 1.807) is 29.2 Å². The highest BCUT2D eigenvalue weighted by Gasteiger charge is 2.43. The van der Waals surface area contributed by atoms with E-state index < -0.39 is 37.3 Å². The third-order valence-electron chi connectivity index (χ3n) is 7.75. The average Bonchev–Trinajstić information content (AvgIpc) is 3.03. The molecule has 1 fully saturated rings. The Kier molecular flexibility index (Phi) is 14.3. The summed E-state index contributed by atoms with van der Waals surface area (Å²) in [5, 5.41) is 29.4. The monoisotopic (exact) mass is 598 g/mol. The largest absolute Gasteiger partial charge is 0.463 e. The van der Waals surface area contributed by atoms with E-state index in [0.29, 0.717) is 31.7 Å². The number of nitrogens with two attached hydrogens (primary N) is 1. The molecule has 5 unspecified atom stereocenters. The van der Waals surface area contributed by atoms with Crippen molar-refractivity contribution in [3.05, 3.63) is 65.7 Å². The van der Waals surface area contributed by atoms with Gasteiger partial charge in [-0.1, -0.05) is 68.7 Å². The summed E-state index contributed by atoms with van der Waals surface area (Å²) in [6.45, 7) is 2.33. The zero-order valence-electron chi connectivity index (χ0n) is 25.0. The Morgan fingerprint density at radius 3 is 2.23 bits per heavy atom. The van der Waals surface area contributed by atoms with E-state index >= 15 is 0 Å². The van der Waals surface area contributed by atoms with Crippen molar-refractivity contribution in [3.8, 4) is 5.75 Å². The fourth-order valence-corrected chi connectivity index (χ4v) is 5.08. The minimum absolute atomic E-state index is 0.0196. The van der Waals surface area contributed by atoms with Crippen LogP contribution in [0.15, 0.2) is 54.6 Å². The van der Waals surface area contributed by atoms with E-state index in [2.05, 4.69) is 0 Å². The lowest BCUT2D eigenvalue weighted by atomic mass is 9.98. The number of hydrogen-bond donors (Lipinski definition) is 4. The van der Waals surface area contributed by atoms with Crippen LogP contribution in [-0.2, 0) is 20.7 Å². The predicted molar refractivity (Wildman–Crippen MR) is 161 cm³/mol. The Morgan fingerprint density at radius 2 is 1.56 bits per heavy atom. The summed E-state index contributed by atoms with van der Waals surface area (Å²) in [4.78, 5) is 39.1. The van der Waals surface area contributed by atoms with Crippen LogP contribution < -0.4 is 10.5 Å². The van der Waals surface area contributed by atoms with Gasteiger partial charge in [0.05, 0.1) is 12.6 Å². The zero-order valence-corrected chi connectivity index (χ0v) is 25.0. The van der Waals surface area contributed by atoms with Gasteiger partial charge in [0, 0.05) is 44.3 Å². The van der Waals surface area contributed by atoms with Crippen LogP contribution in [0.1, 0.15) is 74.2 Å². The molecule has 5 N–H and O–H groups in total. The van der Waals surface area contributed by atoms with Crippen molar-refractivity contribution in [1.29, 1.82) is 0 Å². The molecule has 43 heavy (non-hydrogen) atoms. The number of aliphatic hydroxyl groups is 3. The number of rotatable bonds is 18. The molecule has 0 saturated carbocycles. The Hall–Kier alpha value is -3.15. The summed E-state index contributed by atoms with van der Waals surface area (Å²) >= 11 is 0. The van der Waals surface area contributed by atoms with Crippen LogP contribution in [-0.4, -0.2) is 88.0 Å². The van der Waals surface area contributed by atoms with Gasteiger partial charge >= 0.3 is 0 Å². The first-order valence-electron chi connectivity index (χ1n) is 15.2. The summed E-state index contributed by atoms with van der Waals surface area (Å²) in [5.41, 5.74) is 7.47. The number of ketones is 2. The number of unbranched alkanes of at least 4 members (excludes halogenated alkanes) is 4. The molecule has 2 aromatic carbocycles. The van der Waals surface area contributed by atoms with Crippen LogP contribution >= 0.6 is 0 Å². The third kappa shape index (κ3) is 10.8. The van der Waals surface area contributed by atoms with Crippen molar-refractivity contribution in [3.63, 3.8) is 0 Å². The number of aliphatic hydroxyl groups excluding tert-OH is 3. The van der Waals surface area contributed by atoms with Gasteiger partial charge in [0.25, 0.3) is 0 Å². The summed E-state index contributed by atoms with van der Waals surface area (Å²) in [5.74, 6) is 0.629. The molecule has 1 aliphatic heterocycles. The molecule has 0 aromatic heterocycles. The Morgan fingerprint density at radius 1 is 0.884 bits per heavy atom. The topological polar surface area (TPSA) is 160 Å². The molecule has 236 valence electrons. The van der Waals surface area contributed by atoms with E-state index in [9.17, 15) is 29.7 Å². The number of carbonyl (C=O) groups excluding carboxylic acids is 3. The smallest absolute Gasteiger partial charge is 0.222 e. The molecule has 1 aliphatic rings. The minimum atomic E-state index is -1.31. The Labute approximate surface area is 253 Å². The molecule has 0 radical (unpaired) electrons. The first-order chi connectivity index (χ1) is 20.7. The summed E-state index contributed by atoms with van der Waals surface area (Å²) in [6, 6.07) is 15.1. The highest BCUT2D eigenvalue weighted by molar-refractivity contribution is 5.95. The lowest BCUT2D eigenvalue weighted by Gasteiger charge is -2.40. The van der Waals surface area contributed by atoms with E-state index in [-0.39, 0.29) is 30.3 Å². The molecule has 1 heterocycles. The van der Waals surface area contributed by atoms with Crippen LogP contribution in [0.3, 0.4) is 0 Å². The Balaban J connectivity index is 1.36. The van der Waals surface area contributed by atoms with Gasteiger partial charge in [-0.15, -0.1) is 0 Å². The number of benzene rings is 2. The lowest BCUT2D eigenvalue weighted by Crippen LogP contribution is -2.63. The van der Waals surface area contributed by atoms with Crippen LogP contribution in [0.2, 0.25) is 0 Å². The maximum absolute atomic E-state index is 12.7. The molecule has 1 saturated heterocycles. The molecule has 5 atom stereocenters. The maximum atomic E-state index is 12.7. The minimum Gasteiger partial charge on any atom is -0.463 e. The molecule has 10 heteroatoms. The number of Topliss-reactive ketones (excluding diaryl/α,β-unsaturated/α-hetero) is 2. The van der Waals surface area contributed by atoms with Gasteiger partial charge in [-0.05, 0) is 30.5 Å². The van der Waals surface area contributed by atoms with Gasteiger partial charge in [-0.3, -0.25) is 14.4 Å². The van der Waals surface area contributed by atoms with Crippen LogP contribution in [0.5, 0.6) is 5.75 Å². The average molecular weight is 599 g/mol. The fourth-order valence-electron chi connectivity index (χ4n) is 5.08. The van der Waals surface area contributed by atoms with Crippen LogP contribution in [0, 0.1) is 0 Å². The number of nitrogens with zero attached hydrogens (tertiary/aromatic N) is 1. The maximum Gasteiger partial charge on any atom is 0.222 e. The van der Waals surface area contributed by atoms with Crippen LogP contribution in [0.4, 0.5) is 0 Å². The highest BCUT2D eigenvalue weighted by atomic mass is 16.7.